The van der Waals surface area contributed by atoms with E-state index in [-0.39, 0.29) is 18.7 Å². The summed E-state index contributed by atoms with van der Waals surface area (Å²) in [7, 11) is 0. The molecule has 0 radical (unpaired) electrons. The third-order valence-electron chi connectivity index (χ3n) is 6.11. The van der Waals surface area contributed by atoms with Gasteiger partial charge in [0.25, 0.3) is 0 Å². The zero-order valence-electron chi connectivity index (χ0n) is 28.8. The second-order valence-electron chi connectivity index (χ2n) is 10.1. The van der Waals surface area contributed by atoms with Crippen LogP contribution in [0.2, 0.25) is 0 Å². The number of carboxylic acid groups (broad SMARTS) is 1. The third-order valence-corrected chi connectivity index (χ3v) is 6.11. The lowest BCUT2D eigenvalue weighted by Gasteiger charge is -2.10. The number of para-hydroxylation sites is 2. The van der Waals surface area contributed by atoms with Crippen LogP contribution in [0.25, 0.3) is 0 Å². The maximum Gasteiger partial charge on any atom is 0.303 e. The maximum absolute atomic E-state index is 11.4. The molecule has 16 heteroatoms. The highest BCUT2D eigenvalue weighted by atomic mass is 16.6. The minimum Gasteiger partial charge on any atom is -0.489 e. The number of nitrogen functional groups attached to an aromatic ring is 1. The number of benzene rings is 1. The van der Waals surface area contributed by atoms with Crippen molar-refractivity contribution in [2.45, 2.75) is 19.3 Å². The molecule has 0 spiro atoms. The number of carbonyl (C=O) groups is 2. The summed E-state index contributed by atoms with van der Waals surface area (Å²) in [6.07, 6.45) is 0.473. The Morgan fingerprint density at radius 1 is 0.510 bits per heavy atom. The Bertz CT molecular complexity index is 899. The van der Waals surface area contributed by atoms with Crippen LogP contribution in [0.1, 0.15) is 19.3 Å². The van der Waals surface area contributed by atoms with Crippen molar-refractivity contribution in [3.8, 4) is 5.75 Å². The number of aliphatic carboxylic acids is 1. The number of amides is 1. The van der Waals surface area contributed by atoms with Gasteiger partial charge < -0.3 is 68.3 Å². The lowest BCUT2D eigenvalue weighted by molar-refractivity contribution is -0.138. The molecule has 0 bridgehead atoms. The lowest BCUT2D eigenvalue weighted by atomic mass is 10.3. The van der Waals surface area contributed by atoms with Gasteiger partial charge in [-0.1, -0.05) is 12.1 Å². The summed E-state index contributed by atoms with van der Waals surface area (Å²) >= 11 is 0. The number of hydrogen-bond donors (Lipinski definition) is 3. The second-order valence-corrected chi connectivity index (χ2v) is 10.1. The monoisotopic (exact) mass is 706 g/mol. The van der Waals surface area contributed by atoms with Crippen LogP contribution in [0, 0.1) is 0 Å². The Labute approximate surface area is 290 Å². The fourth-order valence-electron chi connectivity index (χ4n) is 3.61. The van der Waals surface area contributed by atoms with E-state index >= 15 is 0 Å². The molecule has 0 aliphatic carbocycles. The van der Waals surface area contributed by atoms with Crippen molar-refractivity contribution in [2.24, 2.45) is 0 Å². The SMILES string of the molecule is Nc1ccccc1OCCOCCOCCOCCOCCOCCOCCOCCOCCOCCOCCCNC(=O)CCC(=O)O. The summed E-state index contributed by atoms with van der Waals surface area (Å²) < 4.78 is 60.1. The summed E-state index contributed by atoms with van der Waals surface area (Å²) in [6.45, 7) is 10.4. The smallest absolute Gasteiger partial charge is 0.303 e. The second kappa shape index (κ2) is 35.2. The summed E-state index contributed by atoms with van der Waals surface area (Å²) in [5.74, 6) is -0.591. The zero-order valence-corrected chi connectivity index (χ0v) is 28.8. The maximum atomic E-state index is 11.4. The zero-order chi connectivity index (χ0) is 35.3. The lowest BCUT2D eigenvalue weighted by Crippen LogP contribution is -2.25. The van der Waals surface area contributed by atoms with Crippen LogP contribution in [0.4, 0.5) is 5.69 Å². The first-order chi connectivity index (χ1) is 24.1. The quantitative estimate of drug-likeness (QED) is 0.0655. The van der Waals surface area contributed by atoms with Crippen LogP contribution in [0.5, 0.6) is 5.75 Å². The number of nitrogens with one attached hydrogen (secondary N) is 1. The predicted octanol–water partition coefficient (Wildman–Crippen LogP) is 1.18. The van der Waals surface area contributed by atoms with Crippen LogP contribution in [-0.4, -0.2) is 162 Å². The minimum atomic E-state index is -0.984. The van der Waals surface area contributed by atoms with E-state index in [0.717, 1.165) is 0 Å². The summed E-state index contributed by atoms with van der Waals surface area (Å²) in [5.41, 5.74) is 6.43. The van der Waals surface area contributed by atoms with Crippen molar-refractivity contribution in [1.29, 1.82) is 0 Å². The number of hydrogen-bond acceptors (Lipinski definition) is 14. The molecule has 0 aromatic heterocycles. The summed E-state index contributed by atoms with van der Waals surface area (Å²) in [4.78, 5) is 21.8. The summed E-state index contributed by atoms with van der Waals surface area (Å²) in [6, 6.07) is 7.36. The molecule has 0 atom stereocenters. The van der Waals surface area contributed by atoms with Gasteiger partial charge in [0, 0.05) is 19.6 Å². The van der Waals surface area contributed by atoms with Crippen molar-refractivity contribution in [2.75, 3.05) is 151 Å². The Morgan fingerprint density at radius 3 is 1.22 bits per heavy atom. The number of carboxylic acids is 1. The topological polar surface area (TPSA) is 194 Å². The standard InChI is InChI=1S/C33H58N2O14/c34-30-4-1-2-5-31(30)49-29-28-48-27-26-47-25-24-46-23-22-45-21-20-44-19-18-43-17-16-42-15-14-41-13-12-40-11-10-39-9-3-8-35-32(36)6-7-33(37)38/h1-2,4-5H,3,6-29,34H2,(H,35,36)(H,37,38). The normalized spacial score (nSPS) is 11.2. The van der Waals surface area contributed by atoms with E-state index in [1.54, 1.807) is 6.07 Å². The van der Waals surface area contributed by atoms with E-state index in [9.17, 15) is 9.59 Å². The van der Waals surface area contributed by atoms with E-state index in [4.69, 9.17) is 62.9 Å². The van der Waals surface area contributed by atoms with Crippen molar-refractivity contribution >= 4 is 17.6 Å². The molecule has 0 saturated carbocycles. The van der Waals surface area contributed by atoms with Gasteiger partial charge in [-0.05, 0) is 18.6 Å². The first kappa shape index (κ1) is 44.4. The van der Waals surface area contributed by atoms with Crippen molar-refractivity contribution in [3.05, 3.63) is 24.3 Å². The number of rotatable bonds is 38. The van der Waals surface area contributed by atoms with Crippen molar-refractivity contribution < 1.29 is 66.8 Å². The fourth-order valence-corrected chi connectivity index (χ4v) is 3.61. The average molecular weight is 707 g/mol. The fraction of sp³-hybridized carbons (Fsp3) is 0.758. The molecular formula is C33H58N2O14. The van der Waals surface area contributed by atoms with Crippen LogP contribution >= 0.6 is 0 Å². The van der Waals surface area contributed by atoms with Gasteiger partial charge in [0.1, 0.15) is 12.4 Å². The molecule has 1 rings (SSSR count). The molecule has 0 aliphatic rings. The molecular weight excluding hydrogens is 648 g/mol. The molecule has 284 valence electrons. The molecule has 1 aromatic rings. The molecule has 0 heterocycles. The van der Waals surface area contributed by atoms with E-state index in [0.29, 0.717) is 163 Å². The minimum absolute atomic E-state index is 0.0116. The first-order valence-electron chi connectivity index (χ1n) is 16.8. The van der Waals surface area contributed by atoms with Gasteiger partial charge in [0.15, 0.2) is 0 Å². The Hall–Kier alpha value is -2.64. The number of carbonyl (C=O) groups excluding carboxylic acids is 1. The average Bonchev–Trinajstić information content (AvgIpc) is 3.09. The van der Waals surface area contributed by atoms with Gasteiger partial charge in [-0.25, -0.2) is 0 Å². The van der Waals surface area contributed by atoms with Crippen LogP contribution in [0.3, 0.4) is 0 Å². The third kappa shape index (κ3) is 32.3. The summed E-state index contributed by atoms with van der Waals surface area (Å²) in [5, 5.41) is 11.2. The largest absolute Gasteiger partial charge is 0.489 e. The highest BCUT2D eigenvalue weighted by Gasteiger charge is 2.04. The van der Waals surface area contributed by atoms with Crippen LogP contribution in [-0.2, 0) is 57.0 Å². The number of ether oxygens (including phenoxy) is 11. The molecule has 4 N–H and O–H groups in total. The van der Waals surface area contributed by atoms with E-state index < -0.39 is 5.97 Å². The van der Waals surface area contributed by atoms with Crippen LogP contribution in [0.15, 0.2) is 24.3 Å². The van der Waals surface area contributed by atoms with Gasteiger partial charge in [0.05, 0.1) is 138 Å². The van der Waals surface area contributed by atoms with Gasteiger partial charge in [-0.15, -0.1) is 0 Å². The molecule has 1 amide bonds. The first-order valence-corrected chi connectivity index (χ1v) is 16.8. The Kier molecular flexibility index (Phi) is 31.9. The molecule has 49 heavy (non-hydrogen) atoms. The molecule has 0 saturated heterocycles. The Balaban J connectivity index is 1.64. The highest BCUT2D eigenvalue weighted by molar-refractivity contribution is 5.80. The van der Waals surface area contributed by atoms with Gasteiger partial charge >= 0.3 is 5.97 Å². The van der Waals surface area contributed by atoms with Gasteiger partial charge in [-0.3, -0.25) is 9.59 Å². The predicted molar refractivity (Wildman–Crippen MR) is 179 cm³/mol. The number of anilines is 1. The Morgan fingerprint density at radius 2 is 0.857 bits per heavy atom. The van der Waals surface area contributed by atoms with Crippen LogP contribution < -0.4 is 15.8 Å². The molecule has 0 unspecified atom stereocenters. The van der Waals surface area contributed by atoms with Gasteiger partial charge in [-0.2, -0.15) is 0 Å². The number of nitrogens with two attached hydrogens (primary N) is 1. The van der Waals surface area contributed by atoms with E-state index in [1.165, 1.54) is 0 Å². The van der Waals surface area contributed by atoms with Crippen molar-refractivity contribution in [3.63, 3.8) is 0 Å². The van der Waals surface area contributed by atoms with E-state index in [1.807, 2.05) is 18.2 Å². The molecule has 0 aliphatic heterocycles. The van der Waals surface area contributed by atoms with Crippen molar-refractivity contribution in [1.82, 2.24) is 5.32 Å². The highest BCUT2D eigenvalue weighted by Crippen LogP contribution is 2.19. The van der Waals surface area contributed by atoms with E-state index in [2.05, 4.69) is 5.32 Å². The molecule has 1 aromatic carbocycles. The van der Waals surface area contributed by atoms with Gasteiger partial charge in [0.2, 0.25) is 5.91 Å². The molecule has 16 nitrogen and oxygen atoms in total. The molecule has 0 fully saturated rings.